The fourth-order valence-corrected chi connectivity index (χ4v) is 4.93. The Morgan fingerprint density at radius 1 is 1.00 bits per heavy atom. The highest BCUT2D eigenvalue weighted by Gasteiger charge is 2.19. The number of aromatic nitrogens is 3. The number of nitrogens with zero attached hydrogens (tertiary/aromatic N) is 2. The summed E-state index contributed by atoms with van der Waals surface area (Å²) >= 11 is 0.919. The minimum absolute atomic E-state index is 0.0649. The molecule has 2 heterocycles. The number of benzene rings is 3. The van der Waals surface area contributed by atoms with Crippen LogP contribution in [0.3, 0.4) is 0 Å². The molecule has 0 amide bonds. The maximum Gasteiger partial charge on any atom is 0.341 e. The molecule has 1 unspecified atom stereocenters. The Morgan fingerprint density at radius 3 is 2.45 bits per heavy atom. The Balaban J connectivity index is 1.38. The highest BCUT2D eigenvalue weighted by molar-refractivity contribution is 7.03. The van der Waals surface area contributed by atoms with Gasteiger partial charge in [0, 0.05) is 28.5 Å². The second kappa shape index (κ2) is 11.4. The van der Waals surface area contributed by atoms with Crippen molar-refractivity contribution in [3.05, 3.63) is 99.7 Å². The molecule has 5 aromatic rings. The molecule has 0 bridgehead atoms. The number of fused-ring (bicyclic) bond motifs is 1. The predicted octanol–water partition coefficient (Wildman–Crippen LogP) is 6.32. The minimum Gasteiger partial charge on any atom is -0.462 e. The van der Waals surface area contributed by atoms with E-state index in [1.165, 1.54) is 0 Å². The lowest BCUT2D eigenvalue weighted by atomic mass is 9.96. The van der Waals surface area contributed by atoms with Gasteiger partial charge in [0.15, 0.2) is 5.82 Å². The molecule has 0 radical (unpaired) electrons. The van der Waals surface area contributed by atoms with Crippen molar-refractivity contribution < 1.29 is 9.53 Å². The first-order chi connectivity index (χ1) is 18.6. The van der Waals surface area contributed by atoms with E-state index in [1.54, 1.807) is 6.92 Å². The summed E-state index contributed by atoms with van der Waals surface area (Å²) in [7, 11) is 0. The summed E-state index contributed by atoms with van der Waals surface area (Å²) in [5.74, 6) is 0.736. The number of rotatable bonds is 9. The van der Waals surface area contributed by atoms with E-state index in [-0.39, 0.29) is 16.9 Å². The second-order valence-corrected chi connectivity index (χ2v) is 9.67. The summed E-state index contributed by atoms with van der Waals surface area (Å²) in [5.41, 5.74) is 5.36. The van der Waals surface area contributed by atoms with Crippen LogP contribution in [-0.2, 0) is 11.2 Å². The largest absolute Gasteiger partial charge is 0.462 e. The molecule has 0 aliphatic rings. The second-order valence-electron chi connectivity index (χ2n) is 8.94. The van der Waals surface area contributed by atoms with Crippen molar-refractivity contribution in [1.29, 1.82) is 0 Å². The van der Waals surface area contributed by atoms with E-state index in [9.17, 15) is 9.59 Å². The van der Waals surface area contributed by atoms with Gasteiger partial charge >= 0.3 is 10.8 Å². The van der Waals surface area contributed by atoms with Crippen LogP contribution >= 0.6 is 11.5 Å². The average molecular weight is 525 g/mol. The molecule has 0 saturated heterocycles. The molecular formula is C30H28N4O3S. The van der Waals surface area contributed by atoms with Gasteiger partial charge in [0.2, 0.25) is 0 Å². The molecule has 0 fully saturated rings. The number of pyridine rings is 1. The van der Waals surface area contributed by atoms with Gasteiger partial charge < -0.3 is 10.1 Å². The van der Waals surface area contributed by atoms with Crippen molar-refractivity contribution in [3.8, 4) is 22.5 Å². The third-order valence-corrected chi connectivity index (χ3v) is 6.96. The molecule has 2 aromatic heterocycles. The van der Waals surface area contributed by atoms with Crippen LogP contribution in [0.5, 0.6) is 0 Å². The number of aromatic amines is 1. The first kappa shape index (κ1) is 25.4. The van der Waals surface area contributed by atoms with Crippen molar-refractivity contribution in [2.24, 2.45) is 0 Å². The van der Waals surface area contributed by atoms with E-state index in [0.717, 1.165) is 57.5 Å². The van der Waals surface area contributed by atoms with Crippen molar-refractivity contribution >= 4 is 34.2 Å². The van der Waals surface area contributed by atoms with E-state index in [4.69, 9.17) is 9.72 Å². The molecule has 0 saturated carbocycles. The SMILES string of the molecule is CCOC(=O)c1cc2ccccc2nc1NC(CC)Cc1ccc(-c2ccccc2-c2nsc(=O)[nH]2)cc1. The lowest BCUT2D eigenvalue weighted by molar-refractivity contribution is 0.0527. The van der Waals surface area contributed by atoms with Crippen LogP contribution < -0.4 is 10.2 Å². The number of esters is 1. The van der Waals surface area contributed by atoms with E-state index in [0.29, 0.717) is 23.8 Å². The van der Waals surface area contributed by atoms with Crippen molar-refractivity contribution in [2.75, 3.05) is 11.9 Å². The highest BCUT2D eigenvalue weighted by atomic mass is 32.1. The molecule has 0 aliphatic heterocycles. The van der Waals surface area contributed by atoms with Crippen LogP contribution in [0.2, 0.25) is 0 Å². The van der Waals surface area contributed by atoms with Gasteiger partial charge in [-0.15, -0.1) is 0 Å². The van der Waals surface area contributed by atoms with Crippen LogP contribution in [0.15, 0.2) is 83.7 Å². The topological polar surface area (TPSA) is 97.0 Å². The van der Waals surface area contributed by atoms with E-state index < -0.39 is 0 Å². The molecule has 0 aliphatic carbocycles. The Hall–Kier alpha value is -4.30. The van der Waals surface area contributed by atoms with Crippen molar-refractivity contribution in [1.82, 2.24) is 14.3 Å². The van der Waals surface area contributed by atoms with Crippen LogP contribution in [0.4, 0.5) is 5.82 Å². The van der Waals surface area contributed by atoms with Gasteiger partial charge in [0.1, 0.15) is 11.4 Å². The number of hydrogen-bond donors (Lipinski definition) is 2. The number of anilines is 1. The monoisotopic (exact) mass is 524 g/mol. The van der Waals surface area contributed by atoms with Crippen LogP contribution in [-0.4, -0.2) is 33.0 Å². The third-order valence-electron chi connectivity index (χ3n) is 6.42. The molecule has 2 N–H and O–H groups in total. The van der Waals surface area contributed by atoms with E-state index in [1.807, 2.05) is 54.6 Å². The lowest BCUT2D eigenvalue weighted by Gasteiger charge is -2.20. The smallest absolute Gasteiger partial charge is 0.341 e. The quantitative estimate of drug-likeness (QED) is 0.219. The molecule has 1 atom stereocenters. The highest BCUT2D eigenvalue weighted by Crippen LogP contribution is 2.30. The van der Waals surface area contributed by atoms with Gasteiger partial charge in [-0.3, -0.25) is 9.78 Å². The van der Waals surface area contributed by atoms with Gasteiger partial charge in [-0.05, 0) is 48.6 Å². The van der Waals surface area contributed by atoms with Gasteiger partial charge in [0.25, 0.3) is 0 Å². The van der Waals surface area contributed by atoms with Crippen molar-refractivity contribution in [2.45, 2.75) is 32.7 Å². The maximum absolute atomic E-state index is 12.7. The zero-order chi connectivity index (χ0) is 26.5. The number of nitrogens with one attached hydrogen (secondary N) is 2. The molecule has 7 nitrogen and oxygen atoms in total. The number of H-pyrrole nitrogens is 1. The number of carbonyl (C=O) groups excluding carboxylic acids is 1. The Labute approximate surface area is 224 Å². The van der Waals surface area contributed by atoms with Gasteiger partial charge in [-0.2, -0.15) is 4.37 Å². The fourth-order valence-electron chi connectivity index (χ4n) is 4.47. The number of hydrogen-bond acceptors (Lipinski definition) is 7. The summed E-state index contributed by atoms with van der Waals surface area (Å²) in [6, 6.07) is 26.0. The van der Waals surface area contributed by atoms with Crippen LogP contribution in [0.1, 0.15) is 36.2 Å². The molecule has 38 heavy (non-hydrogen) atoms. The van der Waals surface area contributed by atoms with Crippen LogP contribution in [0, 0.1) is 0 Å². The summed E-state index contributed by atoms with van der Waals surface area (Å²) in [5, 5.41) is 4.40. The summed E-state index contributed by atoms with van der Waals surface area (Å²) in [6.45, 7) is 4.21. The fraction of sp³-hybridized carbons (Fsp3) is 0.200. The van der Waals surface area contributed by atoms with E-state index >= 15 is 0 Å². The van der Waals surface area contributed by atoms with Crippen LogP contribution in [0.25, 0.3) is 33.4 Å². The molecular weight excluding hydrogens is 496 g/mol. The molecule has 0 spiro atoms. The molecule has 192 valence electrons. The summed E-state index contributed by atoms with van der Waals surface area (Å²) in [6.07, 6.45) is 1.60. The first-order valence-corrected chi connectivity index (χ1v) is 13.4. The zero-order valence-corrected chi connectivity index (χ0v) is 22.0. The predicted molar refractivity (Wildman–Crippen MR) is 153 cm³/mol. The zero-order valence-electron chi connectivity index (χ0n) is 21.2. The molecule has 8 heteroatoms. The first-order valence-electron chi connectivity index (χ1n) is 12.6. The van der Waals surface area contributed by atoms with Gasteiger partial charge in [0.05, 0.1) is 12.1 Å². The van der Waals surface area contributed by atoms with E-state index in [2.05, 4.69) is 45.9 Å². The summed E-state index contributed by atoms with van der Waals surface area (Å²) in [4.78, 5) is 31.7. The Kier molecular flexibility index (Phi) is 7.60. The average Bonchev–Trinajstić information content (AvgIpc) is 3.39. The van der Waals surface area contributed by atoms with Gasteiger partial charge in [-0.25, -0.2) is 9.78 Å². The Bertz CT molecular complexity index is 1620. The maximum atomic E-state index is 12.7. The number of para-hydroxylation sites is 1. The normalized spacial score (nSPS) is 11.8. The van der Waals surface area contributed by atoms with Crippen molar-refractivity contribution in [3.63, 3.8) is 0 Å². The third kappa shape index (κ3) is 5.50. The molecule has 3 aromatic carbocycles. The minimum atomic E-state index is -0.382. The number of ether oxygens (including phenoxy) is 1. The summed E-state index contributed by atoms with van der Waals surface area (Å²) < 4.78 is 9.56. The molecule has 5 rings (SSSR count). The number of carbonyl (C=O) groups is 1. The van der Waals surface area contributed by atoms with Gasteiger partial charge in [-0.1, -0.05) is 73.7 Å². The standard InChI is InChI=1S/C30H28N4O3S/c1-3-22(31-27-25(29(35)37-4-2)18-21-9-5-8-12-26(21)32-27)17-19-13-15-20(16-14-19)23-10-6-7-11-24(23)28-33-30(36)38-34-28/h5-16,18,22H,3-4,17H2,1-2H3,(H,31,32)(H,33,34,36). The lowest BCUT2D eigenvalue weighted by Crippen LogP contribution is -2.24. The Morgan fingerprint density at radius 2 is 1.74 bits per heavy atom.